The van der Waals surface area contributed by atoms with Crippen molar-refractivity contribution in [3.05, 3.63) is 29.6 Å². The molecule has 1 aliphatic rings. The second kappa shape index (κ2) is 9.96. The van der Waals surface area contributed by atoms with E-state index in [0.717, 1.165) is 63.9 Å². The largest absolute Gasteiger partial charge is 0.379 e. The second-order valence-electron chi connectivity index (χ2n) is 6.06. The molecule has 1 amide bonds. The first-order valence-electron chi connectivity index (χ1n) is 8.81. The van der Waals surface area contributed by atoms with Gasteiger partial charge in [0, 0.05) is 26.2 Å². The molecule has 0 aromatic heterocycles. The lowest BCUT2D eigenvalue weighted by Gasteiger charge is -2.26. The van der Waals surface area contributed by atoms with Crippen molar-refractivity contribution in [2.75, 3.05) is 45.9 Å². The number of halogens is 1. The van der Waals surface area contributed by atoms with E-state index in [0.29, 0.717) is 6.54 Å². The molecular formula is C17H26FN3O4S. The van der Waals surface area contributed by atoms with Gasteiger partial charge in [0.05, 0.1) is 23.7 Å². The monoisotopic (exact) mass is 387 g/mol. The molecule has 146 valence electrons. The van der Waals surface area contributed by atoms with Gasteiger partial charge in [-0.3, -0.25) is 9.69 Å². The fourth-order valence-electron chi connectivity index (χ4n) is 2.70. The Morgan fingerprint density at radius 2 is 2.00 bits per heavy atom. The number of hydrogen-bond donors (Lipinski definition) is 2. The summed E-state index contributed by atoms with van der Waals surface area (Å²) < 4.78 is 45.5. The molecule has 2 N–H and O–H groups in total. The van der Waals surface area contributed by atoms with E-state index >= 15 is 0 Å². The van der Waals surface area contributed by atoms with Crippen LogP contribution < -0.4 is 10.0 Å². The Bertz CT molecular complexity index is 706. The molecule has 0 aliphatic carbocycles. The number of morpholine rings is 1. The van der Waals surface area contributed by atoms with E-state index in [1.165, 1.54) is 0 Å². The first-order chi connectivity index (χ1) is 12.4. The van der Waals surface area contributed by atoms with Gasteiger partial charge in [0.1, 0.15) is 5.82 Å². The SMILES string of the molecule is CCNS(=O)(=O)c1ccc(F)c(C(=O)NCCCCN2CCOCC2)c1. The Balaban J connectivity index is 1.84. The molecule has 1 heterocycles. The predicted molar refractivity (Wildman–Crippen MR) is 96.1 cm³/mol. The summed E-state index contributed by atoms with van der Waals surface area (Å²) in [7, 11) is -3.74. The highest BCUT2D eigenvalue weighted by molar-refractivity contribution is 7.89. The lowest BCUT2D eigenvalue weighted by molar-refractivity contribution is 0.0372. The summed E-state index contributed by atoms with van der Waals surface area (Å²) in [4.78, 5) is 14.4. The van der Waals surface area contributed by atoms with Crippen LogP contribution in [0.25, 0.3) is 0 Å². The molecule has 0 saturated carbocycles. The normalized spacial score (nSPS) is 15.8. The lowest BCUT2D eigenvalue weighted by Crippen LogP contribution is -2.37. The number of nitrogens with zero attached hydrogens (tertiary/aromatic N) is 1. The van der Waals surface area contributed by atoms with Crippen LogP contribution in [0, 0.1) is 5.82 Å². The van der Waals surface area contributed by atoms with Gasteiger partial charge in [0.15, 0.2) is 0 Å². The molecule has 7 nitrogen and oxygen atoms in total. The van der Waals surface area contributed by atoms with Crippen molar-refractivity contribution in [3.8, 4) is 0 Å². The number of amides is 1. The maximum absolute atomic E-state index is 13.9. The zero-order valence-electron chi connectivity index (χ0n) is 15.0. The molecule has 26 heavy (non-hydrogen) atoms. The van der Waals surface area contributed by atoms with Crippen molar-refractivity contribution in [2.24, 2.45) is 0 Å². The zero-order valence-corrected chi connectivity index (χ0v) is 15.8. The third-order valence-electron chi connectivity index (χ3n) is 4.12. The molecule has 9 heteroatoms. The fourth-order valence-corrected chi connectivity index (χ4v) is 3.77. The minimum atomic E-state index is -3.74. The summed E-state index contributed by atoms with van der Waals surface area (Å²) in [6, 6.07) is 3.21. The van der Waals surface area contributed by atoms with E-state index in [1.54, 1.807) is 6.92 Å². The molecule has 0 unspecified atom stereocenters. The highest BCUT2D eigenvalue weighted by Crippen LogP contribution is 2.15. The minimum absolute atomic E-state index is 0.127. The van der Waals surface area contributed by atoms with Crippen LogP contribution in [0.2, 0.25) is 0 Å². The predicted octanol–water partition coefficient (Wildman–Crippen LogP) is 0.966. The maximum Gasteiger partial charge on any atom is 0.254 e. The standard InChI is InChI=1S/C17H26FN3O4S/c1-2-20-26(23,24)14-5-6-16(18)15(13-14)17(22)19-7-3-4-8-21-9-11-25-12-10-21/h5-6,13,20H,2-4,7-12H2,1H3,(H,19,22). The topological polar surface area (TPSA) is 87.7 Å². The van der Waals surface area contributed by atoms with Gasteiger partial charge in [-0.1, -0.05) is 6.92 Å². The number of rotatable bonds is 9. The molecular weight excluding hydrogens is 361 g/mol. The molecule has 0 bridgehead atoms. The first-order valence-corrected chi connectivity index (χ1v) is 10.3. The summed E-state index contributed by atoms with van der Waals surface area (Å²) in [6.45, 7) is 6.55. The van der Waals surface area contributed by atoms with E-state index in [2.05, 4.69) is 14.9 Å². The highest BCUT2D eigenvalue weighted by Gasteiger charge is 2.18. The maximum atomic E-state index is 13.9. The van der Waals surface area contributed by atoms with E-state index < -0.39 is 21.7 Å². The third kappa shape index (κ3) is 6.01. The number of ether oxygens (including phenoxy) is 1. The van der Waals surface area contributed by atoms with Gasteiger partial charge in [0.2, 0.25) is 10.0 Å². The van der Waals surface area contributed by atoms with Crippen LogP contribution in [0.3, 0.4) is 0 Å². The van der Waals surface area contributed by atoms with Crippen molar-refractivity contribution >= 4 is 15.9 Å². The molecule has 0 atom stereocenters. The Morgan fingerprint density at radius 1 is 1.27 bits per heavy atom. The van der Waals surface area contributed by atoms with E-state index in [-0.39, 0.29) is 17.0 Å². The quantitative estimate of drug-likeness (QED) is 0.617. The van der Waals surface area contributed by atoms with Gasteiger partial charge in [-0.2, -0.15) is 0 Å². The molecule has 1 saturated heterocycles. The van der Waals surface area contributed by atoms with Crippen LogP contribution in [0.1, 0.15) is 30.1 Å². The number of nitrogens with one attached hydrogen (secondary N) is 2. The Morgan fingerprint density at radius 3 is 2.69 bits per heavy atom. The molecule has 1 aromatic rings. The van der Waals surface area contributed by atoms with Gasteiger partial charge >= 0.3 is 0 Å². The summed E-state index contributed by atoms with van der Waals surface area (Å²) in [6.07, 6.45) is 1.68. The van der Waals surface area contributed by atoms with Crippen LogP contribution in [-0.4, -0.2) is 65.2 Å². The van der Waals surface area contributed by atoms with Crippen LogP contribution in [0.5, 0.6) is 0 Å². The second-order valence-corrected chi connectivity index (χ2v) is 7.83. The number of hydrogen-bond acceptors (Lipinski definition) is 5. The smallest absolute Gasteiger partial charge is 0.254 e. The number of carbonyl (C=O) groups excluding carboxylic acids is 1. The van der Waals surface area contributed by atoms with Crippen molar-refractivity contribution in [2.45, 2.75) is 24.7 Å². The van der Waals surface area contributed by atoms with Crippen LogP contribution >= 0.6 is 0 Å². The fraction of sp³-hybridized carbons (Fsp3) is 0.588. The Hall–Kier alpha value is -1.55. The number of sulfonamides is 1. The highest BCUT2D eigenvalue weighted by atomic mass is 32.2. The number of unbranched alkanes of at least 4 members (excludes halogenated alkanes) is 1. The lowest BCUT2D eigenvalue weighted by atomic mass is 10.2. The Labute approximate surface area is 154 Å². The first kappa shape index (κ1) is 20.8. The third-order valence-corrected chi connectivity index (χ3v) is 5.66. The molecule has 0 radical (unpaired) electrons. The van der Waals surface area contributed by atoms with Crippen molar-refractivity contribution in [1.29, 1.82) is 0 Å². The van der Waals surface area contributed by atoms with Crippen LogP contribution in [0.15, 0.2) is 23.1 Å². The minimum Gasteiger partial charge on any atom is -0.379 e. The molecule has 1 aliphatic heterocycles. The van der Waals surface area contributed by atoms with Gasteiger partial charge in [0.25, 0.3) is 5.91 Å². The van der Waals surface area contributed by atoms with Gasteiger partial charge in [-0.25, -0.2) is 17.5 Å². The average molecular weight is 387 g/mol. The Kier molecular flexibility index (Phi) is 7.95. The average Bonchev–Trinajstić information content (AvgIpc) is 2.62. The van der Waals surface area contributed by atoms with Crippen molar-refractivity contribution in [1.82, 2.24) is 14.9 Å². The van der Waals surface area contributed by atoms with Crippen LogP contribution in [-0.2, 0) is 14.8 Å². The number of carbonyl (C=O) groups is 1. The molecule has 0 spiro atoms. The van der Waals surface area contributed by atoms with E-state index in [4.69, 9.17) is 4.74 Å². The number of benzene rings is 1. The summed E-state index contributed by atoms with van der Waals surface area (Å²) >= 11 is 0. The molecule has 1 aromatic carbocycles. The molecule has 2 rings (SSSR count). The van der Waals surface area contributed by atoms with Gasteiger partial charge < -0.3 is 10.1 Å². The summed E-state index contributed by atoms with van der Waals surface area (Å²) in [5, 5.41) is 2.65. The van der Waals surface area contributed by atoms with Crippen molar-refractivity contribution in [3.63, 3.8) is 0 Å². The summed E-state index contributed by atoms with van der Waals surface area (Å²) in [5.74, 6) is -1.35. The zero-order chi connectivity index (χ0) is 19.0. The van der Waals surface area contributed by atoms with Gasteiger partial charge in [-0.15, -0.1) is 0 Å². The van der Waals surface area contributed by atoms with E-state index in [1.807, 2.05) is 0 Å². The van der Waals surface area contributed by atoms with E-state index in [9.17, 15) is 17.6 Å². The summed E-state index contributed by atoms with van der Waals surface area (Å²) in [5.41, 5.74) is -0.267. The van der Waals surface area contributed by atoms with Crippen molar-refractivity contribution < 1.29 is 22.3 Å². The molecule has 1 fully saturated rings. The van der Waals surface area contributed by atoms with Crippen LogP contribution in [0.4, 0.5) is 4.39 Å². The van der Waals surface area contributed by atoms with Gasteiger partial charge in [-0.05, 0) is 37.6 Å².